The van der Waals surface area contributed by atoms with Crippen LogP contribution in [0.15, 0.2) is 60.8 Å². The fourth-order valence-electron chi connectivity index (χ4n) is 4.51. The van der Waals surface area contributed by atoms with E-state index in [0.717, 1.165) is 24.8 Å². The van der Waals surface area contributed by atoms with Gasteiger partial charge in [-0.05, 0) is 50.3 Å². The van der Waals surface area contributed by atoms with Gasteiger partial charge in [0.2, 0.25) is 5.91 Å². The molecule has 2 heterocycles. The van der Waals surface area contributed by atoms with E-state index in [-0.39, 0.29) is 5.91 Å². The lowest BCUT2D eigenvalue weighted by Gasteiger charge is -2.36. The van der Waals surface area contributed by atoms with Crippen LogP contribution in [0.3, 0.4) is 0 Å². The summed E-state index contributed by atoms with van der Waals surface area (Å²) < 4.78 is 7.88. The van der Waals surface area contributed by atoms with Gasteiger partial charge in [-0.1, -0.05) is 48.5 Å². The van der Waals surface area contributed by atoms with Crippen LogP contribution in [0.25, 0.3) is 10.9 Å². The molecule has 1 N–H and O–H groups in total. The molecule has 0 unspecified atom stereocenters. The molecule has 1 saturated heterocycles. The van der Waals surface area contributed by atoms with Gasteiger partial charge < -0.3 is 14.6 Å². The van der Waals surface area contributed by atoms with Gasteiger partial charge in [0.15, 0.2) is 0 Å². The van der Waals surface area contributed by atoms with Crippen LogP contribution in [0, 0.1) is 0 Å². The van der Waals surface area contributed by atoms with Gasteiger partial charge in [-0.3, -0.25) is 4.79 Å². The molecule has 0 radical (unpaired) electrons. The number of nitrogens with zero attached hydrogens (tertiary/aromatic N) is 1. The summed E-state index contributed by atoms with van der Waals surface area (Å²) in [5, 5.41) is 4.52. The molecule has 4 rings (SSSR count). The van der Waals surface area contributed by atoms with Gasteiger partial charge in [-0.2, -0.15) is 0 Å². The Balaban J connectivity index is 1.50. The predicted octanol–water partition coefficient (Wildman–Crippen LogP) is 4.63. The second-order valence-corrected chi connectivity index (χ2v) is 8.24. The fraction of sp³-hybridized carbons (Fsp3) is 0.400. The SMILES string of the molecule is CC(C)n1cc(CCNC(=O)C2(c3ccccc3)CCOCC2)c2ccccc21. The minimum absolute atomic E-state index is 0.125. The minimum Gasteiger partial charge on any atom is -0.381 e. The first-order valence-electron chi connectivity index (χ1n) is 10.6. The molecule has 3 aromatic rings. The minimum atomic E-state index is -0.481. The Morgan fingerprint density at radius 3 is 2.48 bits per heavy atom. The van der Waals surface area contributed by atoms with Crippen molar-refractivity contribution in [2.24, 2.45) is 0 Å². The van der Waals surface area contributed by atoms with E-state index in [1.54, 1.807) is 0 Å². The highest BCUT2D eigenvalue weighted by molar-refractivity contribution is 5.88. The molecule has 1 fully saturated rings. The van der Waals surface area contributed by atoms with E-state index in [4.69, 9.17) is 4.74 Å². The number of para-hydroxylation sites is 1. The summed E-state index contributed by atoms with van der Waals surface area (Å²) in [4.78, 5) is 13.3. The number of hydrogen-bond acceptors (Lipinski definition) is 2. The smallest absolute Gasteiger partial charge is 0.230 e. The summed E-state index contributed by atoms with van der Waals surface area (Å²) >= 11 is 0. The number of rotatable bonds is 6. The molecule has 0 spiro atoms. The zero-order valence-corrected chi connectivity index (χ0v) is 17.4. The average molecular weight is 391 g/mol. The van der Waals surface area contributed by atoms with Crippen LogP contribution in [-0.2, 0) is 21.4 Å². The standard InChI is InChI=1S/C25H30N2O2/c1-19(2)27-18-20(22-10-6-7-11-23(22)27)12-15-26-24(28)25(13-16-29-17-14-25)21-8-4-3-5-9-21/h3-11,18-19H,12-17H2,1-2H3,(H,26,28). The number of carbonyl (C=O) groups is 1. The topological polar surface area (TPSA) is 43.3 Å². The highest BCUT2D eigenvalue weighted by Gasteiger charge is 2.41. The van der Waals surface area contributed by atoms with Crippen LogP contribution in [0.5, 0.6) is 0 Å². The van der Waals surface area contributed by atoms with Crippen molar-refractivity contribution < 1.29 is 9.53 Å². The highest BCUT2D eigenvalue weighted by atomic mass is 16.5. The maximum Gasteiger partial charge on any atom is 0.230 e. The van der Waals surface area contributed by atoms with E-state index < -0.39 is 5.41 Å². The van der Waals surface area contributed by atoms with Crippen molar-refractivity contribution in [1.29, 1.82) is 0 Å². The summed E-state index contributed by atoms with van der Waals surface area (Å²) in [6.45, 7) is 6.30. The van der Waals surface area contributed by atoms with Crippen LogP contribution in [0.4, 0.5) is 0 Å². The number of nitrogens with one attached hydrogen (secondary N) is 1. The molecule has 4 heteroatoms. The molecule has 0 bridgehead atoms. The maximum absolute atomic E-state index is 13.3. The summed E-state index contributed by atoms with van der Waals surface area (Å²) in [5.41, 5.74) is 3.16. The molecule has 0 aliphatic carbocycles. The third-order valence-corrected chi connectivity index (χ3v) is 6.17. The largest absolute Gasteiger partial charge is 0.381 e. The van der Waals surface area contributed by atoms with Crippen LogP contribution in [0.2, 0.25) is 0 Å². The quantitative estimate of drug-likeness (QED) is 0.667. The second kappa shape index (κ2) is 8.42. The van der Waals surface area contributed by atoms with Gasteiger partial charge in [-0.25, -0.2) is 0 Å². The van der Waals surface area contributed by atoms with Crippen LogP contribution < -0.4 is 5.32 Å². The Hall–Kier alpha value is -2.59. The molecule has 4 nitrogen and oxygen atoms in total. The second-order valence-electron chi connectivity index (χ2n) is 8.24. The predicted molar refractivity (Wildman–Crippen MR) is 117 cm³/mol. The number of hydrogen-bond donors (Lipinski definition) is 1. The van der Waals surface area contributed by atoms with Crippen molar-refractivity contribution >= 4 is 16.8 Å². The summed E-state index contributed by atoms with van der Waals surface area (Å²) in [5.74, 6) is 0.125. The van der Waals surface area contributed by atoms with E-state index in [2.05, 4.69) is 66.3 Å². The van der Waals surface area contributed by atoms with Crippen LogP contribution in [-0.4, -0.2) is 30.2 Å². The van der Waals surface area contributed by atoms with Crippen molar-refractivity contribution in [1.82, 2.24) is 9.88 Å². The number of benzene rings is 2. The Kier molecular flexibility index (Phi) is 5.72. The number of amides is 1. The normalized spacial score (nSPS) is 16.2. The van der Waals surface area contributed by atoms with Crippen molar-refractivity contribution in [2.45, 2.75) is 44.6 Å². The molecule has 29 heavy (non-hydrogen) atoms. The Labute approximate surface area is 172 Å². The molecule has 1 amide bonds. The first kappa shape index (κ1) is 19.7. The van der Waals surface area contributed by atoms with Crippen molar-refractivity contribution in [3.05, 3.63) is 71.9 Å². The lowest BCUT2D eigenvalue weighted by atomic mass is 9.73. The van der Waals surface area contributed by atoms with E-state index in [1.807, 2.05) is 18.2 Å². The monoisotopic (exact) mass is 390 g/mol. The van der Waals surface area contributed by atoms with E-state index >= 15 is 0 Å². The van der Waals surface area contributed by atoms with Gasteiger partial charge in [0, 0.05) is 42.9 Å². The van der Waals surface area contributed by atoms with Gasteiger partial charge in [0.1, 0.15) is 0 Å². The van der Waals surface area contributed by atoms with Gasteiger partial charge in [0.25, 0.3) is 0 Å². The average Bonchev–Trinajstić information content (AvgIpc) is 3.14. The molecule has 1 aliphatic rings. The number of fused-ring (bicyclic) bond motifs is 1. The zero-order chi connectivity index (χ0) is 20.3. The van der Waals surface area contributed by atoms with Gasteiger partial charge >= 0.3 is 0 Å². The Morgan fingerprint density at radius 2 is 1.76 bits per heavy atom. The van der Waals surface area contributed by atoms with Crippen molar-refractivity contribution in [2.75, 3.05) is 19.8 Å². The van der Waals surface area contributed by atoms with E-state index in [9.17, 15) is 4.79 Å². The van der Waals surface area contributed by atoms with Crippen molar-refractivity contribution in [3.63, 3.8) is 0 Å². The third kappa shape index (κ3) is 3.82. The summed E-state index contributed by atoms with van der Waals surface area (Å²) in [7, 11) is 0. The van der Waals surface area contributed by atoms with Crippen LogP contribution >= 0.6 is 0 Å². The van der Waals surface area contributed by atoms with Crippen LogP contribution in [0.1, 0.15) is 43.9 Å². The molecule has 152 valence electrons. The lowest BCUT2D eigenvalue weighted by molar-refractivity contribution is -0.130. The van der Waals surface area contributed by atoms with Crippen molar-refractivity contribution in [3.8, 4) is 0 Å². The third-order valence-electron chi connectivity index (χ3n) is 6.17. The fourth-order valence-corrected chi connectivity index (χ4v) is 4.51. The number of carbonyl (C=O) groups excluding carboxylic acids is 1. The summed E-state index contributed by atoms with van der Waals surface area (Å²) in [6.07, 6.45) is 4.53. The Morgan fingerprint density at radius 1 is 1.07 bits per heavy atom. The van der Waals surface area contributed by atoms with Gasteiger partial charge in [-0.15, -0.1) is 0 Å². The number of aromatic nitrogens is 1. The molecular formula is C25H30N2O2. The Bertz CT molecular complexity index is 969. The molecule has 0 atom stereocenters. The van der Waals surface area contributed by atoms with Gasteiger partial charge in [0.05, 0.1) is 5.41 Å². The number of ether oxygens (including phenoxy) is 1. The molecule has 1 aliphatic heterocycles. The zero-order valence-electron chi connectivity index (χ0n) is 17.4. The molecular weight excluding hydrogens is 360 g/mol. The first-order chi connectivity index (χ1) is 14.1. The van der Waals surface area contributed by atoms with E-state index in [0.29, 0.717) is 25.8 Å². The summed E-state index contributed by atoms with van der Waals surface area (Å²) in [6, 6.07) is 19.1. The first-order valence-corrected chi connectivity index (χ1v) is 10.6. The van der Waals surface area contributed by atoms with E-state index in [1.165, 1.54) is 16.5 Å². The molecule has 0 saturated carbocycles. The molecule has 2 aromatic carbocycles. The maximum atomic E-state index is 13.3. The molecule has 1 aromatic heterocycles. The lowest BCUT2D eigenvalue weighted by Crippen LogP contribution is -2.48. The highest BCUT2D eigenvalue weighted by Crippen LogP contribution is 2.35.